The van der Waals surface area contributed by atoms with Gasteiger partial charge < -0.3 is 19.6 Å². The van der Waals surface area contributed by atoms with E-state index in [4.69, 9.17) is 35.0 Å². The molecule has 1 aliphatic rings. The Kier molecular flexibility index (Phi) is 10.2. The van der Waals surface area contributed by atoms with Gasteiger partial charge in [-0.05, 0) is 49.5 Å². The number of aliphatic hydroxyl groups is 1. The highest BCUT2D eigenvalue weighted by molar-refractivity contribution is 7.99. The molecule has 182 valence electrons. The Balaban J connectivity index is 0.000000696. The summed E-state index contributed by atoms with van der Waals surface area (Å²) in [5.41, 5.74) is 1.66. The summed E-state index contributed by atoms with van der Waals surface area (Å²) in [5, 5.41) is 11.1. The fraction of sp³-hybridized carbons (Fsp3) is 0.381. The van der Waals surface area contributed by atoms with E-state index in [1.807, 2.05) is 43.4 Å². The van der Waals surface area contributed by atoms with Crippen LogP contribution in [-0.2, 0) is 4.79 Å². The minimum absolute atomic E-state index is 0.293. The summed E-state index contributed by atoms with van der Waals surface area (Å²) >= 11 is 7.69. The predicted molar refractivity (Wildman–Crippen MR) is 117 cm³/mol. The number of hydrogen-bond acceptors (Lipinski definition) is 9. The number of carbonyl (C=O) groups excluding carboxylic acids is 1. The van der Waals surface area contributed by atoms with Crippen molar-refractivity contribution in [3.05, 3.63) is 53.1 Å². The molecule has 12 heteroatoms. The number of rotatable bonds is 6. The topological polar surface area (TPSA) is 142 Å². The van der Waals surface area contributed by atoms with Crippen molar-refractivity contribution in [1.29, 1.82) is 0 Å². The Labute approximate surface area is 203 Å². The Morgan fingerprint density at radius 2 is 1.82 bits per heavy atom. The first-order valence-corrected chi connectivity index (χ1v) is 12.4. The van der Waals surface area contributed by atoms with Crippen LogP contribution in [0.15, 0.2) is 47.4 Å². The lowest BCUT2D eigenvalue weighted by Crippen LogP contribution is -2.58. The van der Waals surface area contributed by atoms with E-state index in [2.05, 4.69) is 11.8 Å². The molecule has 0 bridgehead atoms. The van der Waals surface area contributed by atoms with Crippen molar-refractivity contribution in [3.8, 4) is 5.75 Å². The summed E-state index contributed by atoms with van der Waals surface area (Å²) in [6.07, 6.45) is -1.16. The van der Waals surface area contributed by atoms with Gasteiger partial charge in [0.25, 0.3) is 5.91 Å². The zero-order valence-electron chi connectivity index (χ0n) is 18.3. The van der Waals surface area contributed by atoms with Crippen LogP contribution in [0.5, 0.6) is 5.75 Å². The monoisotopic (exact) mass is 520 g/mol. The van der Waals surface area contributed by atoms with Crippen LogP contribution in [0.4, 0.5) is 5.69 Å². The summed E-state index contributed by atoms with van der Waals surface area (Å²) < 4.78 is 37.9. The number of likely N-dealkylation sites (N-methyl/N-ethyl adjacent to an activating group) is 1. The number of benzene rings is 2. The molecule has 3 rings (SSSR count). The lowest BCUT2D eigenvalue weighted by Gasteiger charge is -2.27. The minimum Gasteiger partial charge on any atom is -0.497 e. The van der Waals surface area contributed by atoms with Crippen LogP contribution in [0.3, 0.4) is 0 Å². The van der Waals surface area contributed by atoms with Crippen molar-refractivity contribution in [2.45, 2.75) is 23.2 Å². The Morgan fingerprint density at radius 3 is 2.36 bits per heavy atom. The fourth-order valence-corrected chi connectivity index (χ4v) is 4.66. The zero-order valence-corrected chi connectivity index (χ0v) is 20.6. The van der Waals surface area contributed by atoms with Crippen molar-refractivity contribution >= 4 is 35.0 Å². The van der Waals surface area contributed by atoms with E-state index in [9.17, 15) is 9.90 Å². The van der Waals surface area contributed by atoms with Crippen LogP contribution in [0.1, 0.15) is 17.7 Å². The standard InChI is InChI=1S/C21H25ClN2O3S.ClHO4/c1-4-23(2)11-12-24-17-10-7-15(22)13-18(17)28-20(19(25)21(24)26)14-5-8-16(27-3)9-6-14;2-1(3,4)5/h5-10,13,19-20,25H,4,11-12H2,1-3H3;(H,2,3,4,5)/t19-,20+;/m1./s1. The summed E-state index contributed by atoms with van der Waals surface area (Å²) in [4.78, 5) is 17.9. The molecule has 0 saturated carbocycles. The first-order chi connectivity index (χ1) is 15.4. The first-order valence-electron chi connectivity index (χ1n) is 9.86. The van der Waals surface area contributed by atoms with Crippen molar-refractivity contribution < 1.29 is 43.5 Å². The molecule has 0 spiro atoms. The summed E-state index contributed by atoms with van der Waals surface area (Å²) in [7, 11) is -1.08. The van der Waals surface area contributed by atoms with Gasteiger partial charge in [0.2, 0.25) is 0 Å². The third kappa shape index (κ3) is 8.29. The van der Waals surface area contributed by atoms with Gasteiger partial charge in [0, 0.05) is 23.0 Å². The minimum atomic E-state index is -4.69. The third-order valence-corrected chi connectivity index (χ3v) is 6.56. The molecule has 2 aromatic carbocycles. The fourth-order valence-electron chi connectivity index (χ4n) is 3.12. The molecule has 1 amide bonds. The number of amides is 1. The molecule has 0 aliphatic carbocycles. The molecule has 0 unspecified atom stereocenters. The smallest absolute Gasteiger partial charge is 0.257 e. The van der Waals surface area contributed by atoms with Crippen molar-refractivity contribution in [1.82, 2.24) is 4.90 Å². The number of thioether (sulfide) groups is 1. The Hall–Kier alpha value is -1.60. The van der Waals surface area contributed by atoms with Gasteiger partial charge in [-0.2, -0.15) is 14.0 Å². The molecule has 2 atom stereocenters. The Morgan fingerprint density at radius 1 is 1.21 bits per heavy atom. The Bertz CT molecular complexity index is 922. The van der Waals surface area contributed by atoms with Gasteiger partial charge in [-0.15, -0.1) is 11.8 Å². The van der Waals surface area contributed by atoms with Crippen molar-refractivity contribution in [2.24, 2.45) is 0 Å². The van der Waals surface area contributed by atoms with E-state index in [1.54, 1.807) is 18.1 Å². The first kappa shape index (κ1) is 27.6. The highest BCUT2D eigenvalue weighted by Gasteiger charge is 2.37. The zero-order chi connectivity index (χ0) is 24.8. The molecule has 9 nitrogen and oxygen atoms in total. The molecular formula is C21H26Cl2N2O7S. The average Bonchev–Trinajstić information content (AvgIpc) is 2.85. The number of ether oxygens (including phenoxy) is 1. The van der Waals surface area contributed by atoms with E-state index in [0.717, 1.165) is 35.0 Å². The molecule has 1 aliphatic heterocycles. The SMILES string of the molecule is CCN(C)CCN1C(=O)[C@H](O)[C@H](c2ccc(OC)cc2)Sc2cc(Cl)ccc21.[O-][Cl+3]([O-])([O-])O. The molecule has 2 aromatic rings. The van der Waals surface area contributed by atoms with Gasteiger partial charge in [-0.25, -0.2) is 0 Å². The summed E-state index contributed by atoms with van der Waals surface area (Å²) in [6.45, 7) is 4.18. The van der Waals surface area contributed by atoms with Crippen LogP contribution in [0.2, 0.25) is 5.02 Å². The number of aliphatic hydroxyl groups excluding tert-OH is 1. The van der Waals surface area contributed by atoms with Gasteiger partial charge >= 0.3 is 0 Å². The van der Waals surface area contributed by atoms with Crippen LogP contribution < -0.4 is 23.6 Å². The second kappa shape index (κ2) is 12.2. The molecular weight excluding hydrogens is 495 g/mol. The number of fused-ring (bicyclic) bond motifs is 1. The average molecular weight is 521 g/mol. The number of halogens is 2. The van der Waals surface area contributed by atoms with Crippen LogP contribution >= 0.6 is 23.4 Å². The van der Waals surface area contributed by atoms with Crippen molar-refractivity contribution in [3.63, 3.8) is 0 Å². The van der Waals surface area contributed by atoms with Gasteiger partial charge in [-0.1, -0.05) is 30.7 Å². The van der Waals surface area contributed by atoms with Crippen molar-refractivity contribution in [2.75, 3.05) is 38.7 Å². The number of nitrogens with zero attached hydrogens (tertiary/aromatic N) is 2. The van der Waals surface area contributed by atoms with E-state index in [-0.39, 0.29) is 5.91 Å². The van der Waals surface area contributed by atoms with E-state index in [1.165, 1.54) is 11.8 Å². The molecule has 0 aromatic heterocycles. The normalized spacial score (nSPS) is 18.4. The van der Waals surface area contributed by atoms with E-state index >= 15 is 0 Å². The number of hydrogen-bond donors (Lipinski definition) is 2. The van der Waals surface area contributed by atoms with Crippen LogP contribution in [0, 0.1) is 10.2 Å². The molecule has 1 heterocycles. The van der Waals surface area contributed by atoms with Crippen LogP contribution in [0.25, 0.3) is 0 Å². The third-order valence-electron chi connectivity index (χ3n) is 4.96. The van der Waals surface area contributed by atoms with Crippen LogP contribution in [-0.4, -0.2) is 60.5 Å². The van der Waals surface area contributed by atoms with Gasteiger partial charge in [0.1, 0.15) is 11.9 Å². The second-order valence-electron chi connectivity index (χ2n) is 7.15. The van der Waals surface area contributed by atoms with E-state index < -0.39 is 21.6 Å². The van der Waals surface area contributed by atoms with Gasteiger partial charge in [0.15, 0.2) is 0 Å². The second-order valence-corrected chi connectivity index (χ2v) is 9.56. The quantitative estimate of drug-likeness (QED) is 0.525. The highest BCUT2D eigenvalue weighted by atomic mass is 35.7. The maximum atomic E-state index is 13.2. The molecule has 2 N–H and O–H groups in total. The summed E-state index contributed by atoms with van der Waals surface area (Å²) in [5.74, 6) is 0.440. The molecule has 0 saturated heterocycles. The molecule has 0 radical (unpaired) electrons. The predicted octanol–water partition coefficient (Wildman–Crippen LogP) is -0.283. The maximum Gasteiger partial charge on any atom is 0.257 e. The molecule has 0 fully saturated rings. The van der Waals surface area contributed by atoms with Gasteiger partial charge in [-0.3, -0.25) is 4.79 Å². The number of methoxy groups -OCH3 is 1. The van der Waals surface area contributed by atoms with Gasteiger partial charge in [0.05, 0.1) is 32.9 Å². The highest BCUT2D eigenvalue weighted by Crippen LogP contribution is 2.46. The molecule has 33 heavy (non-hydrogen) atoms. The lowest BCUT2D eigenvalue weighted by molar-refractivity contribution is -1.92. The van der Waals surface area contributed by atoms with E-state index in [0.29, 0.717) is 11.6 Å². The maximum absolute atomic E-state index is 13.2. The lowest BCUT2D eigenvalue weighted by atomic mass is 10.1. The number of carbonyl (C=O) groups is 1. The largest absolute Gasteiger partial charge is 0.497 e. The number of anilines is 1. The summed E-state index contributed by atoms with van der Waals surface area (Å²) in [6, 6.07) is 13.0.